The second-order valence-corrected chi connectivity index (χ2v) is 9.18. The smallest absolute Gasteiger partial charge is 0.410 e. The molecule has 0 saturated carbocycles. The fourth-order valence-corrected chi connectivity index (χ4v) is 3.97. The number of carbonyl (C=O) groups excluding carboxylic acids is 2. The number of nitrogens with zero attached hydrogens (tertiary/aromatic N) is 3. The SMILES string of the molecule is CC(C)(C)OC(=O)N1CCN(CCCNC(=O)c2csc(-c3ccccc3)n2)CC1. The molecule has 0 radical (unpaired) electrons. The Balaban J connectivity index is 1.34. The Morgan fingerprint density at radius 3 is 2.50 bits per heavy atom. The summed E-state index contributed by atoms with van der Waals surface area (Å²) in [5.41, 5.74) is 1.02. The molecule has 3 rings (SSSR count). The molecule has 1 aliphatic heterocycles. The molecule has 162 valence electrons. The highest BCUT2D eigenvalue weighted by atomic mass is 32.1. The fraction of sp³-hybridized carbons (Fsp3) is 0.500. The Morgan fingerprint density at radius 2 is 1.83 bits per heavy atom. The van der Waals surface area contributed by atoms with E-state index in [1.807, 2.05) is 51.1 Å². The number of benzene rings is 1. The molecule has 1 aromatic carbocycles. The molecule has 1 aromatic heterocycles. The van der Waals surface area contributed by atoms with Crippen LogP contribution < -0.4 is 5.32 Å². The molecule has 2 aromatic rings. The van der Waals surface area contributed by atoms with E-state index in [0.29, 0.717) is 25.3 Å². The third-order valence-electron chi connectivity index (χ3n) is 4.72. The van der Waals surface area contributed by atoms with Crippen LogP contribution in [0.4, 0.5) is 4.79 Å². The number of carbonyl (C=O) groups is 2. The fourth-order valence-electron chi connectivity index (χ4n) is 3.17. The van der Waals surface area contributed by atoms with Crippen molar-refractivity contribution < 1.29 is 14.3 Å². The lowest BCUT2D eigenvalue weighted by atomic mass is 10.2. The zero-order valence-electron chi connectivity index (χ0n) is 17.9. The number of ether oxygens (including phenoxy) is 1. The predicted molar refractivity (Wildman–Crippen MR) is 119 cm³/mol. The molecule has 0 bridgehead atoms. The molecule has 0 atom stereocenters. The number of hydrogen-bond donors (Lipinski definition) is 1. The Hall–Kier alpha value is -2.45. The van der Waals surface area contributed by atoms with Crippen LogP contribution in [0.1, 0.15) is 37.7 Å². The first-order chi connectivity index (χ1) is 14.3. The maximum absolute atomic E-state index is 12.3. The van der Waals surface area contributed by atoms with Gasteiger partial charge in [-0.3, -0.25) is 9.69 Å². The van der Waals surface area contributed by atoms with Crippen molar-refractivity contribution in [2.75, 3.05) is 39.3 Å². The van der Waals surface area contributed by atoms with Gasteiger partial charge in [0.1, 0.15) is 16.3 Å². The van der Waals surface area contributed by atoms with Crippen molar-refractivity contribution in [3.8, 4) is 10.6 Å². The summed E-state index contributed by atoms with van der Waals surface area (Å²) in [7, 11) is 0. The summed E-state index contributed by atoms with van der Waals surface area (Å²) in [4.78, 5) is 33.0. The van der Waals surface area contributed by atoms with E-state index in [9.17, 15) is 9.59 Å². The summed E-state index contributed by atoms with van der Waals surface area (Å²) in [6, 6.07) is 9.86. The van der Waals surface area contributed by atoms with Crippen LogP contribution in [0.25, 0.3) is 10.6 Å². The molecule has 0 aliphatic carbocycles. The van der Waals surface area contributed by atoms with Crippen molar-refractivity contribution in [1.82, 2.24) is 20.1 Å². The van der Waals surface area contributed by atoms with Gasteiger partial charge in [0.25, 0.3) is 5.91 Å². The van der Waals surface area contributed by atoms with Crippen molar-refractivity contribution in [2.24, 2.45) is 0 Å². The monoisotopic (exact) mass is 430 g/mol. The maximum atomic E-state index is 12.3. The third kappa shape index (κ3) is 6.53. The zero-order chi connectivity index (χ0) is 21.6. The number of amides is 2. The largest absolute Gasteiger partial charge is 0.444 e. The topological polar surface area (TPSA) is 74.8 Å². The van der Waals surface area contributed by atoms with Gasteiger partial charge in [-0.2, -0.15) is 0 Å². The average Bonchev–Trinajstić information content (AvgIpc) is 3.21. The minimum Gasteiger partial charge on any atom is -0.444 e. The standard InChI is InChI=1S/C22H30N4O3S/c1-22(2,3)29-21(28)26-14-12-25(13-15-26)11-7-10-23-19(27)18-16-30-20(24-18)17-8-5-4-6-9-17/h4-6,8-9,16H,7,10-15H2,1-3H3,(H,23,27). The Bertz CT molecular complexity index is 840. The van der Waals surface area contributed by atoms with Crippen LogP contribution in [-0.2, 0) is 4.74 Å². The van der Waals surface area contributed by atoms with E-state index in [2.05, 4.69) is 15.2 Å². The van der Waals surface area contributed by atoms with Gasteiger partial charge in [0, 0.05) is 43.7 Å². The van der Waals surface area contributed by atoms with E-state index in [-0.39, 0.29) is 12.0 Å². The van der Waals surface area contributed by atoms with Gasteiger partial charge in [-0.25, -0.2) is 9.78 Å². The van der Waals surface area contributed by atoms with Crippen molar-refractivity contribution >= 4 is 23.3 Å². The lowest BCUT2D eigenvalue weighted by Gasteiger charge is -2.35. The average molecular weight is 431 g/mol. The lowest BCUT2D eigenvalue weighted by molar-refractivity contribution is 0.0144. The molecule has 7 nitrogen and oxygen atoms in total. The van der Waals surface area contributed by atoms with Crippen LogP contribution in [0.3, 0.4) is 0 Å². The van der Waals surface area contributed by atoms with Gasteiger partial charge in [0.2, 0.25) is 0 Å². The molecule has 0 unspecified atom stereocenters. The summed E-state index contributed by atoms with van der Waals surface area (Å²) >= 11 is 1.48. The van der Waals surface area contributed by atoms with Gasteiger partial charge in [-0.1, -0.05) is 30.3 Å². The van der Waals surface area contributed by atoms with Gasteiger partial charge in [0.05, 0.1) is 0 Å². The molecule has 30 heavy (non-hydrogen) atoms. The number of aromatic nitrogens is 1. The second-order valence-electron chi connectivity index (χ2n) is 8.32. The Kier molecular flexibility index (Phi) is 7.44. The maximum Gasteiger partial charge on any atom is 0.410 e. The molecule has 0 spiro atoms. The summed E-state index contributed by atoms with van der Waals surface area (Å²) in [5, 5.41) is 5.60. The van der Waals surface area contributed by atoms with Crippen molar-refractivity contribution in [2.45, 2.75) is 32.8 Å². The van der Waals surface area contributed by atoms with Crippen LogP contribution in [0, 0.1) is 0 Å². The van der Waals surface area contributed by atoms with Crippen LogP contribution in [0.2, 0.25) is 0 Å². The lowest BCUT2D eigenvalue weighted by Crippen LogP contribution is -2.50. The van der Waals surface area contributed by atoms with Gasteiger partial charge >= 0.3 is 6.09 Å². The van der Waals surface area contributed by atoms with Crippen molar-refractivity contribution in [3.63, 3.8) is 0 Å². The van der Waals surface area contributed by atoms with Crippen LogP contribution in [-0.4, -0.2) is 71.7 Å². The molecule has 2 amide bonds. The number of hydrogen-bond acceptors (Lipinski definition) is 6. The molecule has 8 heteroatoms. The summed E-state index contributed by atoms with van der Waals surface area (Å²) in [6.07, 6.45) is 0.612. The molecule has 1 aliphatic rings. The van der Waals surface area contributed by atoms with Gasteiger partial charge in [-0.15, -0.1) is 11.3 Å². The molecule has 1 fully saturated rings. The summed E-state index contributed by atoms with van der Waals surface area (Å²) in [5.74, 6) is -0.136. The Labute approximate surface area is 182 Å². The number of rotatable bonds is 6. The molecule has 2 heterocycles. The highest BCUT2D eigenvalue weighted by molar-refractivity contribution is 7.13. The minimum absolute atomic E-state index is 0.136. The molecular formula is C22H30N4O3S. The Morgan fingerprint density at radius 1 is 1.13 bits per heavy atom. The number of thiazole rings is 1. The van der Waals surface area contributed by atoms with E-state index >= 15 is 0 Å². The molecule has 1 N–H and O–H groups in total. The number of piperazine rings is 1. The van der Waals surface area contributed by atoms with Crippen LogP contribution in [0.15, 0.2) is 35.7 Å². The van der Waals surface area contributed by atoms with E-state index in [0.717, 1.165) is 36.6 Å². The normalized spacial score (nSPS) is 15.1. The first-order valence-electron chi connectivity index (χ1n) is 10.3. The highest BCUT2D eigenvalue weighted by Gasteiger charge is 2.25. The first kappa shape index (κ1) is 22.2. The van der Waals surface area contributed by atoms with Gasteiger partial charge in [0.15, 0.2) is 0 Å². The quantitative estimate of drug-likeness (QED) is 0.710. The van der Waals surface area contributed by atoms with Gasteiger partial charge < -0.3 is 15.0 Å². The van der Waals surface area contributed by atoms with Gasteiger partial charge in [-0.05, 0) is 33.7 Å². The zero-order valence-corrected chi connectivity index (χ0v) is 18.7. The van der Waals surface area contributed by atoms with E-state index in [4.69, 9.17) is 4.74 Å². The van der Waals surface area contributed by atoms with Crippen molar-refractivity contribution in [1.29, 1.82) is 0 Å². The first-order valence-corrected chi connectivity index (χ1v) is 11.2. The van der Waals surface area contributed by atoms with E-state index in [1.165, 1.54) is 11.3 Å². The highest BCUT2D eigenvalue weighted by Crippen LogP contribution is 2.23. The second kappa shape index (κ2) is 10.0. The van der Waals surface area contributed by atoms with E-state index < -0.39 is 5.60 Å². The summed E-state index contributed by atoms with van der Waals surface area (Å²) in [6.45, 7) is 10.1. The minimum atomic E-state index is -0.467. The third-order valence-corrected chi connectivity index (χ3v) is 5.61. The van der Waals surface area contributed by atoms with E-state index in [1.54, 1.807) is 10.3 Å². The van der Waals surface area contributed by atoms with Crippen LogP contribution >= 0.6 is 11.3 Å². The number of nitrogens with one attached hydrogen (secondary N) is 1. The van der Waals surface area contributed by atoms with Crippen LogP contribution in [0.5, 0.6) is 0 Å². The predicted octanol–water partition coefficient (Wildman–Crippen LogP) is 3.48. The van der Waals surface area contributed by atoms with Crippen molar-refractivity contribution in [3.05, 3.63) is 41.4 Å². The molecule has 1 saturated heterocycles. The molecular weight excluding hydrogens is 400 g/mol. The summed E-state index contributed by atoms with van der Waals surface area (Å²) < 4.78 is 5.43.